The monoisotopic (exact) mass is 677 g/mol. The molecule has 46 heavy (non-hydrogen) atoms. The van der Waals surface area contributed by atoms with Crippen LogP contribution < -0.4 is 15.8 Å². The fourth-order valence-electron chi connectivity index (χ4n) is 4.70. The number of carbonyl (C=O) groups excluding carboxylic acids is 1. The molecule has 0 atom stereocenters. The number of anilines is 3. The second-order valence-corrected chi connectivity index (χ2v) is 14.1. The highest BCUT2D eigenvalue weighted by molar-refractivity contribution is 8.01. The Hall–Kier alpha value is -3.88. The molecule has 4 aromatic rings. The Morgan fingerprint density at radius 3 is 2.59 bits per heavy atom. The normalized spacial score (nSPS) is 13.2. The summed E-state index contributed by atoms with van der Waals surface area (Å²) in [4.78, 5) is 14.4. The molecule has 0 radical (unpaired) electrons. The van der Waals surface area contributed by atoms with Crippen molar-refractivity contribution in [1.29, 1.82) is 0 Å². The van der Waals surface area contributed by atoms with E-state index >= 15 is 0 Å². The summed E-state index contributed by atoms with van der Waals surface area (Å²) in [7, 11) is 0. The fourth-order valence-corrected chi connectivity index (χ4v) is 7.04. The summed E-state index contributed by atoms with van der Waals surface area (Å²) in [5.74, 6) is -0.0426. The lowest BCUT2D eigenvalue weighted by atomic mass is 10.2. The number of nitrogens with one attached hydrogen (secondary N) is 2. The number of aromatic nitrogens is 2. The number of thioether (sulfide) groups is 1. The molecule has 0 saturated carbocycles. The number of hydrogen-bond donors (Lipinski definition) is 2. The Bertz CT molecular complexity index is 1650. The Kier molecular flexibility index (Phi) is 12.5. The second-order valence-electron chi connectivity index (χ2n) is 10.9. The Morgan fingerprint density at radius 2 is 1.78 bits per heavy atom. The minimum absolute atomic E-state index is 0.200. The summed E-state index contributed by atoms with van der Waals surface area (Å²) < 4.78 is 5.92. The lowest BCUT2D eigenvalue weighted by molar-refractivity contribution is -0.140. The molecule has 2 aromatic heterocycles. The number of rotatable bonds is 16. The van der Waals surface area contributed by atoms with E-state index in [9.17, 15) is 4.79 Å². The molecule has 1 saturated heterocycles. The summed E-state index contributed by atoms with van der Waals surface area (Å²) in [6, 6.07) is 15.9. The standard InChI is InChI=1S/C32H39N9O2S3/c1-4-5-6-9-18-43-30(42)21-44-32-40-39-31(46-32)38-36-27-13-10-24(19-23(27)3)33-35-26-12-11-25(20-22(26)2)34-37-28-14-15-29(45-28)41-16-7-8-17-41/h10-15,19-20,33,35H,4-9,16-18,21H2,1-3H3/b37-34+,38-36+. The number of carbonyl (C=O) groups is 1. The Balaban J connectivity index is 1.07. The van der Waals surface area contributed by atoms with Gasteiger partial charge in [-0.1, -0.05) is 60.6 Å². The highest BCUT2D eigenvalue weighted by atomic mass is 32.2. The molecule has 0 amide bonds. The predicted molar refractivity (Wildman–Crippen MR) is 189 cm³/mol. The number of nitrogens with zero attached hydrogens (tertiary/aromatic N) is 7. The highest BCUT2D eigenvalue weighted by Crippen LogP contribution is 2.35. The number of esters is 1. The summed E-state index contributed by atoms with van der Waals surface area (Å²) >= 11 is 4.27. The van der Waals surface area contributed by atoms with Gasteiger partial charge in [-0.05, 0) is 92.8 Å². The number of benzene rings is 2. The maximum absolute atomic E-state index is 11.9. The van der Waals surface area contributed by atoms with Crippen LogP contribution in [-0.4, -0.2) is 41.6 Å². The van der Waals surface area contributed by atoms with E-state index in [1.54, 1.807) is 11.3 Å². The number of hydrazine groups is 1. The third-order valence-corrected chi connectivity index (χ3v) is 10.2. The van der Waals surface area contributed by atoms with Crippen molar-refractivity contribution in [3.63, 3.8) is 0 Å². The van der Waals surface area contributed by atoms with Crippen LogP contribution >= 0.6 is 34.4 Å². The van der Waals surface area contributed by atoms with Crippen LogP contribution in [0.2, 0.25) is 0 Å². The third-order valence-electron chi connectivity index (χ3n) is 7.22. The van der Waals surface area contributed by atoms with Crippen molar-refractivity contribution < 1.29 is 9.53 Å². The fraction of sp³-hybridized carbons (Fsp3) is 0.406. The van der Waals surface area contributed by atoms with E-state index in [4.69, 9.17) is 4.74 Å². The van der Waals surface area contributed by atoms with Crippen LogP contribution in [0.15, 0.2) is 73.3 Å². The first-order chi connectivity index (χ1) is 22.5. The molecule has 0 spiro atoms. The maximum atomic E-state index is 11.9. The zero-order valence-electron chi connectivity index (χ0n) is 26.4. The van der Waals surface area contributed by atoms with Gasteiger partial charge in [0.2, 0.25) is 0 Å². The highest BCUT2D eigenvalue weighted by Gasteiger charge is 2.14. The van der Waals surface area contributed by atoms with Gasteiger partial charge in [-0.3, -0.25) is 4.79 Å². The maximum Gasteiger partial charge on any atom is 0.316 e. The smallest absolute Gasteiger partial charge is 0.316 e. The Labute approximate surface area is 282 Å². The molecular formula is C32H39N9O2S3. The van der Waals surface area contributed by atoms with Crippen molar-refractivity contribution in [3.05, 3.63) is 59.7 Å². The van der Waals surface area contributed by atoms with Gasteiger partial charge < -0.3 is 20.5 Å². The molecule has 0 unspecified atom stereocenters. The largest absolute Gasteiger partial charge is 0.465 e. The van der Waals surface area contributed by atoms with Crippen molar-refractivity contribution in [2.45, 2.75) is 63.6 Å². The minimum atomic E-state index is -0.242. The van der Waals surface area contributed by atoms with Crippen LogP contribution in [0.25, 0.3) is 0 Å². The molecule has 1 aliphatic rings. The van der Waals surface area contributed by atoms with E-state index in [1.165, 1.54) is 40.9 Å². The number of unbranched alkanes of at least 4 members (excludes halogenated alkanes) is 3. The lowest BCUT2D eigenvalue weighted by Crippen LogP contribution is -2.15. The second kappa shape index (κ2) is 17.2. The topological polar surface area (TPSA) is 129 Å². The van der Waals surface area contributed by atoms with Gasteiger partial charge >= 0.3 is 5.97 Å². The molecular weight excluding hydrogens is 639 g/mol. The van der Waals surface area contributed by atoms with E-state index in [0.717, 1.165) is 77.7 Å². The average Bonchev–Trinajstić information content (AvgIpc) is 3.84. The third kappa shape index (κ3) is 10.1. The number of thiophene rings is 1. The van der Waals surface area contributed by atoms with Crippen LogP contribution in [0.1, 0.15) is 56.6 Å². The average molecular weight is 678 g/mol. The van der Waals surface area contributed by atoms with Crippen LogP contribution in [0.4, 0.5) is 37.9 Å². The lowest BCUT2D eigenvalue weighted by Gasteiger charge is -2.13. The molecule has 5 rings (SSSR count). The molecule has 0 bridgehead atoms. The number of ether oxygens (including phenoxy) is 1. The SMILES string of the molecule is CCCCCCOC(=O)CSc1nnc(/N=N/c2ccc(NNc3ccc(/N=N/c4ccc(N5CCCC5)s4)cc3C)cc2C)s1. The first-order valence-corrected chi connectivity index (χ1v) is 18.1. The molecule has 1 aliphatic heterocycles. The van der Waals surface area contributed by atoms with Gasteiger partial charge in [-0.25, -0.2) is 0 Å². The predicted octanol–water partition coefficient (Wildman–Crippen LogP) is 10.3. The van der Waals surface area contributed by atoms with Gasteiger partial charge in [0.1, 0.15) is 5.00 Å². The van der Waals surface area contributed by atoms with Gasteiger partial charge in [-0.15, -0.1) is 30.7 Å². The zero-order valence-corrected chi connectivity index (χ0v) is 28.8. The quantitative estimate of drug-likeness (QED) is 0.0394. The molecule has 14 heteroatoms. The Morgan fingerprint density at radius 1 is 0.913 bits per heavy atom. The zero-order chi connectivity index (χ0) is 32.1. The van der Waals surface area contributed by atoms with E-state index in [-0.39, 0.29) is 11.7 Å². The van der Waals surface area contributed by atoms with Gasteiger partial charge in [0, 0.05) is 13.1 Å². The van der Waals surface area contributed by atoms with Gasteiger partial charge in [0.25, 0.3) is 5.13 Å². The van der Waals surface area contributed by atoms with Crippen molar-refractivity contribution in [2.24, 2.45) is 20.5 Å². The van der Waals surface area contributed by atoms with E-state index in [0.29, 0.717) is 16.1 Å². The van der Waals surface area contributed by atoms with Crippen LogP contribution in [0.3, 0.4) is 0 Å². The summed E-state index contributed by atoms with van der Waals surface area (Å²) in [5.41, 5.74) is 11.9. The molecule has 11 nitrogen and oxygen atoms in total. The molecule has 3 heterocycles. The molecule has 0 aliphatic carbocycles. The van der Waals surface area contributed by atoms with E-state index < -0.39 is 0 Å². The first kappa shape index (κ1) is 33.5. The first-order valence-electron chi connectivity index (χ1n) is 15.5. The summed E-state index contributed by atoms with van der Waals surface area (Å²) in [6.07, 6.45) is 6.81. The summed E-state index contributed by atoms with van der Waals surface area (Å²) in [5, 5.41) is 28.3. The molecule has 2 N–H and O–H groups in total. The molecule has 242 valence electrons. The summed E-state index contributed by atoms with van der Waals surface area (Å²) in [6.45, 7) is 8.88. The molecule has 2 aromatic carbocycles. The van der Waals surface area contributed by atoms with E-state index in [1.807, 2.05) is 56.3 Å². The van der Waals surface area contributed by atoms with Crippen molar-refractivity contribution in [2.75, 3.05) is 41.2 Å². The number of azo groups is 2. The number of hydrogen-bond acceptors (Lipinski definition) is 14. The van der Waals surface area contributed by atoms with Gasteiger partial charge in [0.15, 0.2) is 4.34 Å². The van der Waals surface area contributed by atoms with Crippen molar-refractivity contribution in [3.8, 4) is 0 Å². The van der Waals surface area contributed by atoms with Gasteiger partial charge in [-0.2, -0.15) is 0 Å². The molecule has 1 fully saturated rings. The van der Waals surface area contributed by atoms with Crippen LogP contribution in [0, 0.1) is 13.8 Å². The minimum Gasteiger partial charge on any atom is -0.465 e. The van der Waals surface area contributed by atoms with Crippen molar-refractivity contribution in [1.82, 2.24) is 10.2 Å². The van der Waals surface area contributed by atoms with E-state index in [2.05, 4.69) is 59.4 Å². The van der Waals surface area contributed by atoms with Gasteiger partial charge in [0.05, 0.1) is 40.1 Å². The van der Waals surface area contributed by atoms with Crippen LogP contribution in [-0.2, 0) is 9.53 Å². The number of aryl methyl sites for hydroxylation is 2. The van der Waals surface area contributed by atoms with Crippen LogP contribution in [0.5, 0.6) is 0 Å². The van der Waals surface area contributed by atoms with Crippen molar-refractivity contribution >= 4 is 78.3 Å².